The number of rotatable bonds is 14. The van der Waals surface area contributed by atoms with Gasteiger partial charge in [-0.3, -0.25) is 35.8 Å². The first-order valence-electron chi connectivity index (χ1n) is 36.3. The molecular formula is C97H82F6Ir3N6O5-4. The molecule has 3 aromatic heterocycles. The van der Waals surface area contributed by atoms with Gasteiger partial charge in [-0.1, -0.05) is 207 Å². The first-order valence-corrected chi connectivity index (χ1v) is 36.3. The van der Waals surface area contributed by atoms with Gasteiger partial charge in [0.1, 0.15) is 11.5 Å². The molecule has 3 N–H and O–H groups in total. The number of nitrogens with zero attached hydrogens (tertiary/aromatic N) is 6. The van der Waals surface area contributed by atoms with Gasteiger partial charge in [-0.05, 0) is 153 Å². The Morgan fingerprint density at radius 1 is 0.462 bits per heavy atom. The van der Waals surface area contributed by atoms with Crippen LogP contribution in [-0.2, 0) is 77.1 Å². The zero-order valence-electron chi connectivity index (χ0n) is 64.9. The Bertz CT molecular complexity index is 5490. The van der Waals surface area contributed by atoms with Crippen LogP contribution < -0.4 is 9.80 Å². The molecule has 15 rings (SSSR count). The van der Waals surface area contributed by atoms with Crippen LogP contribution in [0.2, 0.25) is 0 Å². The molecule has 0 aliphatic heterocycles. The molecule has 0 amide bonds. The van der Waals surface area contributed by atoms with E-state index in [0.717, 1.165) is 64.8 Å². The molecule has 14 aromatic rings. The fourth-order valence-electron chi connectivity index (χ4n) is 11.7. The van der Waals surface area contributed by atoms with Crippen LogP contribution in [0.1, 0.15) is 93.7 Å². The molecule has 603 valence electrons. The van der Waals surface area contributed by atoms with Crippen LogP contribution in [0.25, 0.3) is 51.4 Å². The summed E-state index contributed by atoms with van der Waals surface area (Å²) in [4.78, 5) is 33.8. The third-order valence-electron chi connectivity index (χ3n) is 17.8. The largest absolute Gasteiger partial charge is 0.512 e. The molecular weight excluding hydrogens is 2020 g/mol. The fourth-order valence-corrected chi connectivity index (χ4v) is 11.7. The maximum atomic E-state index is 13.4. The number of carboxylic acids is 1. The Morgan fingerprint density at radius 2 is 0.932 bits per heavy atom. The molecule has 1 aliphatic rings. The van der Waals surface area contributed by atoms with Crippen LogP contribution in [0.3, 0.4) is 0 Å². The number of ketones is 1. The molecule has 3 radical (unpaired) electrons. The van der Waals surface area contributed by atoms with Gasteiger partial charge >= 0.3 is 5.97 Å². The number of fused-ring (bicyclic) bond motifs is 3. The second-order valence-corrected chi connectivity index (χ2v) is 28.5. The summed E-state index contributed by atoms with van der Waals surface area (Å²) >= 11 is 0. The summed E-state index contributed by atoms with van der Waals surface area (Å²) in [5.74, 6) is -4.85. The normalized spacial score (nSPS) is 11.4. The van der Waals surface area contributed by atoms with E-state index in [9.17, 15) is 41.0 Å². The minimum absolute atomic E-state index is 0. The number of carbonyl (C=O) groups excluding carboxylic acids is 1. The number of halogens is 6. The van der Waals surface area contributed by atoms with Crippen molar-refractivity contribution in [1.29, 1.82) is 0 Å². The predicted molar refractivity (Wildman–Crippen MR) is 441 cm³/mol. The van der Waals surface area contributed by atoms with Crippen molar-refractivity contribution in [1.82, 2.24) is 19.7 Å². The van der Waals surface area contributed by atoms with Crippen LogP contribution >= 0.6 is 0 Å². The van der Waals surface area contributed by atoms with E-state index in [1.807, 2.05) is 41.5 Å². The smallest absolute Gasteiger partial charge is 0.354 e. The minimum atomic E-state index is -0.990. The zero-order valence-corrected chi connectivity index (χ0v) is 72.1. The van der Waals surface area contributed by atoms with Crippen molar-refractivity contribution in [2.45, 2.75) is 67.4 Å². The van der Waals surface area contributed by atoms with E-state index in [4.69, 9.17) is 10.2 Å². The Hall–Kier alpha value is -11.6. The van der Waals surface area contributed by atoms with Gasteiger partial charge in [0.05, 0.1) is 6.61 Å². The number of pyridine rings is 2. The third kappa shape index (κ3) is 25.5. The van der Waals surface area contributed by atoms with E-state index >= 15 is 0 Å². The summed E-state index contributed by atoms with van der Waals surface area (Å²) in [7, 11) is 0. The SMILES string of the molecule is CC(C)(C)C(=O)C=C(O)C(C)(C)C.CC1(C)c2cc(/C=C/c3ccc(N(c4ccccc4)c4ccccc4)cc3)ccc2-c2ccc(N(c3ccccc3)c3ccccc3)cc21.Fc1c[c-]c(-c2[c-]cccc2)c(F)c1.Fc1c[c-]c(-n2cccn2)c(F)c1.O=C(O)c1ccccn1.OCc1ccnc(-c2[c-]cc(F)cc2F)c1.[Ir].[Ir].[Ir]. The van der Waals surface area contributed by atoms with Gasteiger partial charge in [-0.25, -0.2) is 15.3 Å². The van der Waals surface area contributed by atoms with Crippen molar-refractivity contribution >= 4 is 58.0 Å². The maximum absolute atomic E-state index is 13.4. The van der Waals surface area contributed by atoms with E-state index in [1.54, 1.807) is 54.7 Å². The van der Waals surface area contributed by atoms with Crippen molar-refractivity contribution in [2.24, 2.45) is 10.8 Å². The summed E-state index contributed by atoms with van der Waals surface area (Å²) in [5, 5.41) is 30.6. The minimum Gasteiger partial charge on any atom is -0.512 e. The molecule has 11 nitrogen and oxygen atoms in total. The van der Waals surface area contributed by atoms with Crippen LogP contribution in [-0.4, -0.2) is 46.8 Å². The van der Waals surface area contributed by atoms with Gasteiger partial charge in [-0.15, -0.1) is 36.4 Å². The number of para-hydroxylation sites is 4. The summed E-state index contributed by atoms with van der Waals surface area (Å²) < 4.78 is 78.8. The third-order valence-corrected chi connectivity index (χ3v) is 17.8. The van der Waals surface area contributed by atoms with Crippen LogP contribution in [0, 0.1) is 70.0 Å². The molecule has 0 atom stereocenters. The second-order valence-electron chi connectivity index (χ2n) is 28.5. The fraction of sp³-hybridized carbons (Fsp3) is 0.124. The van der Waals surface area contributed by atoms with Gasteiger partial charge in [0.25, 0.3) is 0 Å². The Labute approximate surface area is 719 Å². The summed E-state index contributed by atoms with van der Waals surface area (Å²) in [5.41, 5.74) is 15.7. The number of carbonyl (C=O) groups is 2. The van der Waals surface area contributed by atoms with Crippen LogP contribution in [0.15, 0.2) is 316 Å². The number of hydrogen-bond acceptors (Lipinski definition) is 9. The van der Waals surface area contributed by atoms with Crippen molar-refractivity contribution in [3.05, 3.63) is 408 Å². The predicted octanol–water partition coefficient (Wildman–Crippen LogP) is 24.5. The number of hydrogen-bond donors (Lipinski definition) is 3. The summed E-state index contributed by atoms with van der Waals surface area (Å²) in [6, 6.07) is 97.4. The molecule has 0 saturated carbocycles. The van der Waals surface area contributed by atoms with Gasteiger partial charge in [0.15, 0.2) is 5.78 Å². The number of aromatic nitrogens is 4. The monoisotopic (exact) mass is 2100 g/mol. The van der Waals surface area contributed by atoms with E-state index in [2.05, 4.69) is 257 Å². The number of aliphatic hydroxyl groups excluding tert-OH is 2. The molecule has 3 heterocycles. The number of carboxylic acid groups (broad SMARTS) is 1. The summed E-state index contributed by atoms with van der Waals surface area (Å²) in [6.07, 6.45) is 11.8. The number of aliphatic hydroxyl groups is 2. The van der Waals surface area contributed by atoms with Crippen LogP contribution in [0.5, 0.6) is 0 Å². The Balaban J connectivity index is 0.000000226. The van der Waals surface area contributed by atoms with Gasteiger partial charge in [-0.2, -0.15) is 47.1 Å². The summed E-state index contributed by atoms with van der Waals surface area (Å²) in [6.45, 7) is 15.7. The van der Waals surface area contributed by atoms with Gasteiger partial charge in [0, 0.05) is 171 Å². The van der Waals surface area contributed by atoms with Crippen molar-refractivity contribution < 1.29 is 112 Å². The first-order chi connectivity index (χ1) is 54.7. The van der Waals surface area contributed by atoms with E-state index in [1.165, 1.54) is 80.5 Å². The van der Waals surface area contributed by atoms with Crippen LogP contribution in [0.4, 0.5) is 60.5 Å². The Morgan fingerprint density at radius 3 is 1.39 bits per heavy atom. The molecule has 0 unspecified atom stereocenters. The molecule has 0 saturated heterocycles. The molecule has 0 fully saturated rings. The number of allylic oxidation sites excluding steroid dienone is 2. The maximum Gasteiger partial charge on any atom is 0.354 e. The van der Waals surface area contributed by atoms with Crippen molar-refractivity contribution in [3.8, 4) is 39.2 Å². The standard InChI is InChI=1S/C47H38N2.C12H8F2NO.C12H6F2.C11H20O2.C9H5F2N2.C6H5NO2.3Ir/c1-47(2)45-33-36(24-23-35-25-28-41(29-26-35)48(37-15-7-3-8-16-37)38-17-9-4-10-18-38)27-31-43(45)44-32-30-42(34-46(44)47)49(39-19-11-5-12-20-39)40-21-13-6-14-22-40;13-9-1-2-10(11(14)6-9)12-5-8(7-16)3-4-15-12;13-10-6-7-11(12(14)8-10)9-4-2-1-3-5-9;1-10(2,3)8(12)7-9(13)11(4,5)6;10-7-2-3-9(8(11)6-7)13-5-1-4-12-13;8-6(9)5-3-1-2-4-7-5;;;/h3-34H,1-2H3;1,3-6,16H,7H2;1-4,6,8H;7,12H,1-6H3;1-2,4-6H;1-4H,(H,8,9);;;/q;-1;-2;;-1;;;;/b24-23+;;;;;;;;. The molecule has 20 heteroatoms. The van der Waals surface area contributed by atoms with Gasteiger partial charge < -0.3 is 30.1 Å². The molecule has 1 aliphatic carbocycles. The van der Waals surface area contributed by atoms with Crippen molar-refractivity contribution in [2.75, 3.05) is 9.80 Å². The molecule has 11 aromatic carbocycles. The average Bonchev–Trinajstić information content (AvgIpc) is 1.58. The van der Waals surface area contributed by atoms with E-state index < -0.39 is 46.3 Å². The quantitative estimate of drug-likeness (QED) is 0.0316. The Kier molecular flexibility index (Phi) is 34.4. The number of anilines is 6. The second kappa shape index (κ2) is 43.4. The molecule has 0 spiro atoms. The molecule has 0 bridgehead atoms. The van der Waals surface area contributed by atoms with E-state index in [0.29, 0.717) is 16.8 Å². The van der Waals surface area contributed by atoms with Crippen molar-refractivity contribution in [3.63, 3.8) is 0 Å². The van der Waals surface area contributed by atoms with Gasteiger partial charge in [0.2, 0.25) is 0 Å². The topological polar surface area (TPSA) is 145 Å². The average molecular weight is 2100 g/mol. The zero-order chi connectivity index (χ0) is 81.5. The number of benzene rings is 11. The van der Waals surface area contributed by atoms with E-state index in [-0.39, 0.29) is 112 Å². The first kappa shape index (κ1) is 92.6. The number of aromatic carboxylic acids is 1. The molecule has 117 heavy (non-hydrogen) atoms.